The van der Waals surface area contributed by atoms with Crippen molar-refractivity contribution in [3.05, 3.63) is 28.8 Å². The molecular weight excluding hydrogens is 210 g/mol. The van der Waals surface area contributed by atoms with Crippen LogP contribution in [-0.2, 0) is 0 Å². The van der Waals surface area contributed by atoms with E-state index in [9.17, 15) is 4.79 Å². The molecule has 0 fully saturated rings. The Labute approximate surface area is 84.7 Å². The Morgan fingerprint density at radius 2 is 2.31 bits per heavy atom. The molecule has 0 saturated carbocycles. The second-order valence-corrected chi connectivity index (χ2v) is 2.76. The molecule has 0 spiro atoms. The number of carboxylic acids is 1. The van der Waals surface area contributed by atoms with Crippen LogP contribution in [0.15, 0.2) is 23.2 Å². The number of thiocarbonyl (C=S) groups is 1. The van der Waals surface area contributed by atoms with Gasteiger partial charge >= 0.3 is 5.97 Å². The van der Waals surface area contributed by atoms with Crippen molar-refractivity contribution >= 4 is 40.6 Å². The maximum atomic E-state index is 10.5. The van der Waals surface area contributed by atoms with Gasteiger partial charge in [0.2, 0.25) is 0 Å². The third-order valence-corrected chi connectivity index (χ3v) is 1.75. The quantitative estimate of drug-likeness (QED) is 0.607. The molecule has 0 amide bonds. The molecule has 0 saturated heterocycles. The molecular formula is C8H4ClNO2S. The summed E-state index contributed by atoms with van der Waals surface area (Å²) in [5.74, 6) is -1.03. The Morgan fingerprint density at radius 1 is 1.62 bits per heavy atom. The van der Waals surface area contributed by atoms with Crippen LogP contribution in [0, 0.1) is 0 Å². The number of aliphatic imine (C=N–C) groups is 1. The summed E-state index contributed by atoms with van der Waals surface area (Å²) in [4.78, 5) is 14.1. The number of carboxylic acid groups (broad SMARTS) is 1. The molecule has 1 aromatic rings. The number of hydrogen-bond donors (Lipinski definition) is 1. The highest BCUT2D eigenvalue weighted by atomic mass is 35.5. The molecule has 0 aliphatic carbocycles. The largest absolute Gasteiger partial charge is 0.478 e. The minimum atomic E-state index is -1.03. The lowest BCUT2D eigenvalue weighted by Gasteiger charge is -1.97. The Hall–Kier alpha value is -1.22. The highest BCUT2D eigenvalue weighted by Gasteiger charge is 2.05. The number of aromatic carboxylic acids is 1. The number of hydrogen-bond acceptors (Lipinski definition) is 3. The molecule has 0 atom stereocenters. The summed E-state index contributed by atoms with van der Waals surface area (Å²) in [6.07, 6.45) is 0. The van der Waals surface area contributed by atoms with Crippen LogP contribution < -0.4 is 0 Å². The van der Waals surface area contributed by atoms with Crippen molar-refractivity contribution in [2.45, 2.75) is 0 Å². The Kier molecular flexibility index (Phi) is 3.14. The summed E-state index contributed by atoms with van der Waals surface area (Å²) in [5, 5.41) is 11.0. The van der Waals surface area contributed by atoms with E-state index in [2.05, 4.69) is 22.4 Å². The van der Waals surface area contributed by atoms with Crippen molar-refractivity contribution in [3.63, 3.8) is 0 Å². The monoisotopic (exact) mass is 213 g/mol. The maximum Gasteiger partial charge on any atom is 0.335 e. The molecule has 0 aromatic heterocycles. The second-order valence-electron chi connectivity index (χ2n) is 2.17. The van der Waals surface area contributed by atoms with Gasteiger partial charge in [0, 0.05) is 0 Å². The number of nitrogens with zero attached hydrogens (tertiary/aromatic N) is 1. The van der Waals surface area contributed by atoms with Gasteiger partial charge in [-0.1, -0.05) is 11.6 Å². The molecule has 13 heavy (non-hydrogen) atoms. The van der Waals surface area contributed by atoms with E-state index in [1.54, 1.807) is 0 Å². The zero-order valence-corrected chi connectivity index (χ0v) is 7.89. The van der Waals surface area contributed by atoms with Gasteiger partial charge in [-0.3, -0.25) is 0 Å². The molecule has 66 valence electrons. The first-order valence-corrected chi connectivity index (χ1v) is 4.04. The molecule has 3 nitrogen and oxygen atoms in total. The van der Waals surface area contributed by atoms with Crippen LogP contribution in [0.25, 0.3) is 0 Å². The van der Waals surface area contributed by atoms with E-state index >= 15 is 0 Å². The maximum absolute atomic E-state index is 10.5. The van der Waals surface area contributed by atoms with Crippen molar-refractivity contribution in [2.24, 2.45) is 4.99 Å². The van der Waals surface area contributed by atoms with Crippen LogP contribution in [-0.4, -0.2) is 16.2 Å². The number of isothiocyanates is 1. The summed E-state index contributed by atoms with van der Waals surface area (Å²) < 4.78 is 0. The highest BCUT2D eigenvalue weighted by molar-refractivity contribution is 7.78. The average Bonchev–Trinajstić information content (AvgIpc) is 2.08. The molecule has 1 N–H and O–H groups in total. The fourth-order valence-corrected chi connectivity index (χ4v) is 1.10. The van der Waals surface area contributed by atoms with Crippen LogP contribution >= 0.6 is 23.8 Å². The zero-order chi connectivity index (χ0) is 9.84. The molecule has 1 aromatic carbocycles. The van der Waals surface area contributed by atoms with Gasteiger partial charge in [-0.2, -0.15) is 4.99 Å². The van der Waals surface area contributed by atoms with Gasteiger partial charge in [-0.25, -0.2) is 4.79 Å². The lowest BCUT2D eigenvalue weighted by Crippen LogP contribution is -1.94. The van der Waals surface area contributed by atoms with Crippen LogP contribution in [0.4, 0.5) is 5.69 Å². The van der Waals surface area contributed by atoms with E-state index in [-0.39, 0.29) is 10.6 Å². The van der Waals surface area contributed by atoms with Crippen molar-refractivity contribution in [1.29, 1.82) is 0 Å². The number of halogens is 1. The number of rotatable bonds is 2. The zero-order valence-electron chi connectivity index (χ0n) is 6.32. The number of benzene rings is 1. The minimum absolute atomic E-state index is 0.119. The summed E-state index contributed by atoms with van der Waals surface area (Å²) in [5.41, 5.74) is 0.537. The lowest BCUT2D eigenvalue weighted by molar-refractivity contribution is 0.0697. The standard InChI is InChI=1S/C8H4ClNO2S/c9-6-3-5(8(11)12)1-2-7(6)10-4-13/h1-3H,(H,11,12). The topological polar surface area (TPSA) is 49.7 Å². The van der Waals surface area contributed by atoms with E-state index < -0.39 is 5.97 Å². The van der Waals surface area contributed by atoms with E-state index in [0.29, 0.717) is 5.69 Å². The molecule has 0 aliphatic heterocycles. The van der Waals surface area contributed by atoms with Crippen LogP contribution in [0.3, 0.4) is 0 Å². The van der Waals surface area contributed by atoms with Crippen LogP contribution in [0.5, 0.6) is 0 Å². The SMILES string of the molecule is O=C(O)c1ccc(N=C=S)c(Cl)c1. The van der Waals surface area contributed by atoms with Gasteiger partial charge in [0.05, 0.1) is 21.4 Å². The molecule has 0 bridgehead atoms. The molecule has 0 heterocycles. The van der Waals surface area contributed by atoms with E-state index in [1.165, 1.54) is 18.2 Å². The predicted molar refractivity (Wildman–Crippen MR) is 53.1 cm³/mol. The summed E-state index contributed by atoms with van der Waals surface area (Å²) in [6.45, 7) is 0. The molecule has 0 radical (unpaired) electrons. The Balaban J connectivity index is 3.19. The fourth-order valence-electron chi connectivity index (χ4n) is 0.780. The van der Waals surface area contributed by atoms with Crippen molar-refractivity contribution in [2.75, 3.05) is 0 Å². The van der Waals surface area contributed by atoms with Gasteiger partial charge in [0.25, 0.3) is 0 Å². The average molecular weight is 214 g/mol. The van der Waals surface area contributed by atoms with Gasteiger partial charge in [0.1, 0.15) is 0 Å². The Bertz CT molecular complexity index is 399. The van der Waals surface area contributed by atoms with Crippen LogP contribution in [0.1, 0.15) is 10.4 Å². The van der Waals surface area contributed by atoms with E-state index in [4.69, 9.17) is 16.7 Å². The van der Waals surface area contributed by atoms with Crippen molar-refractivity contribution < 1.29 is 9.90 Å². The molecule has 5 heteroatoms. The first-order valence-electron chi connectivity index (χ1n) is 3.26. The van der Waals surface area contributed by atoms with E-state index in [0.717, 1.165) is 0 Å². The van der Waals surface area contributed by atoms with Gasteiger partial charge in [-0.15, -0.1) is 0 Å². The van der Waals surface area contributed by atoms with E-state index in [1.807, 2.05) is 0 Å². The summed E-state index contributed by atoms with van der Waals surface area (Å²) >= 11 is 10.1. The first-order chi connectivity index (χ1) is 6.15. The van der Waals surface area contributed by atoms with Gasteiger partial charge in [-0.05, 0) is 30.4 Å². The smallest absolute Gasteiger partial charge is 0.335 e. The first kappa shape index (κ1) is 9.86. The highest BCUT2D eigenvalue weighted by Crippen LogP contribution is 2.25. The fraction of sp³-hybridized carbons (Fsp3) is 0. The second kappa shape index (κ2) is 4.14. The van der Waals surface area contributed by atoms with Crippen LogP contribution in [0.2, 0.25) is 5.02 Å². The third-order valence-electron chi connectivity index (χ3n) is 1.36. The molecule has 0 unspecified atom stereocenters. The Morgan fingerprint density at radius 3 is 2.77 bits per heavy atom. The van der Waals surface area contributed by atoms with Crippen molar-refractivity contribution in [3.8, 4) is 0 Å². The van der Waals surface area contributed by atoms with Crippen molar-refractivity contribution in [1.82, 2.24) is 0 Å². The summed E-state index contributed by atoms with van der Waals surface area (Å²) in [6, 6.07) is 4.19. The normalized spacial score (nSPS) is 9.00. The summed E-state index contributed by atoms with van der Waals surface area (Å²) in [7, 11) is 0. The minimum Gasteiger partial charge on any atom is -0.478 e. The van der Waals surface area contributed by atoms with Gasteiger partial charge in [0.15, 0.2) is 0 Å². The third kappa shape index (κ3) is 2.36. The molecule has 0 aliphatic rings. The molecule has 1 rings (SSSR count). The predicted octanol–water partition coefficient (Wildman–Crippen LogP) is 2.77. The van der Waals surface area contributed by atoms with Gasteiger partial charge < -0.3 is 5.11 Å². The number of carbonyl (C=O) groups is 1. The lowest BCUT2D eigenvalue weighted by atomic mass is 10.2.